The van der Waals surface area contributed by atoms with E-state index in [9.17, 15) is 13.9 Å². The topological polar surface area (TPSA) is 69.8 Å². The lowest BCUT2D eigenvalue weighted by Gasteiger charge is -2.61. The van der Waals surface area contributed by atoms with Gasteiger partial charge >= 0.3 is 0 Å². The van der Waals surface area contributed by atoms with E-state index in [1.54, 1.807) is 5.01 Å². The van der Waals surface area contributed by atoms with E-state index in [1.165, 1.54) is 100 Å². The van der Waals surface area contributed by atoms with Crippen molar-refractivity contribution in [1.82, 2.24) is 24.7 Å². The Balaban J connectivity index is 0.930. The highest BCUT2D eigenvalue weighted by molar-refractivity contribution is 5.56. The highest BCUT2D eigenvalue weighted by atomic mass is 19.1. The molecule has 1 N–H and O–H groups in total. The van der Waals surface area contributed by atoms with Crippen molar-refractivity contribution >= 4 is 6.34 Å². The summed E-state index contributed by atoms with van der Waals surface area (Å²) in [5, 5.41) is 22.1. The molecule has 0 bridgehead atoms. The lowest BCUT2D eigenvalue weighted by molar-refractivity contribution is -0.114. The van der Waals surface area contributed by atoms with Gasteiger partial charge in [0.15, 0.2) is 0 Å². The normalized spacial score (nSPS) is 35.8. The molecule has 1 aromatic heterocycles. The smallest absolute Gasteiger partial charge is 0.137 e. The molecule has 0 saturated heterocycles. The largest absolute Gasteiger partial charge is 0.381 e. The molecule has 4 aliphatic carbocycles. The average Bonchev–Trinajstić information content (AvgIpc) is 3.77. The predicted molar refractivity (Wildman–Crippen MR) is 175 cm³/mol. The van der Waals surface area contributed by atoms with Gasteiger partial charge < -0.3 is 10.0 Å². The van der Waals surface area contributed by atoms with E-state index < -0.39 is 17.2 Å². The maximum atomic E-state index is 14.9. The molecule has 1 aliphatic heterocycles. The molecular formula is C37H54F2N6O. The van der Waals surface area contributed by atoms with Crippen molar-refractivity contribution in [3.8, 4) is 0 Å². The van der Waals surface area contributed by atoms with Crippen molar-refractivity contribution in [2.45, 2.75) is 110 Å². The van der Waals surface area contributed by atoms with Gasteiger partial charge in [-0.1, -0.05) is 39.7 Å². The first kappa shape index (κ1) is 32.0. The molecule has 9 atom stereocenters. The van der Waals surface area contributed by atoms with Crippen LogP contribution in [0.4, 0.5) is 8.78 Å². The van der Waals surface area contributed by atoms with E-state index >= 15 is 0 Å². The molecule has 252 valence electrons. The van der Waals surface area contributed by atoms with E-state index in [4.69, 9.17) is 0 Å². The molecule has 4 fully saturated rings. The van der Waals surface area contributed by atoms with Gasteiger partial charge in [-0.2, -0.15) is 10.2 Å². The number of β-amino-alcohol motifs (C(OH)–C–C–N with tert-alkyl or cyclic N) is 1. The minimum absolute atomic E-state index is 0.0187. The molecule has 7 nitrogen and oxygen atoms in total. The maximum Gasteiger partial charge on any atom is 0.137 e. The quantitative estimate of drug-likeness (QED) is 0.294. The number of halogens is 2. The lowest BCUT2D eigenvalue weighted by Crippen LogP contribution is -2.53. The Labute approximate surface area is 273 Å². The molecule has 9 heteroatoms. The summed E-state index contributed by atoms with van der Waals surface area (Å²) in [6.07, 6.45) is 21.5. The molecule has 7 rings (SSSR count). The fourth-order valence-electron chi connectivity index (χ4n) is 11.7. The fraction of sp³-hybridized carbons (Fsp3) is 0.757. The SMILES string of the molecule is C[C@H](CCCN1C=NN(CC(O)(Cn2cncn2)c2ccc(F)cc2F)C1)[C@H]1CC[C@H]2[C@@H]3CC[C@@H]4CCCC[C@]4(C)[C@H]3CC[C@]12C. The van der Waals surface area contributed by atoms with Gasteiger partial charge in [0.25, 0.3) is 0 Å². The number of aliphatic hydroxyl groups is 1. The van der Waals surface area contributed by atoms with Crippen LogP contribution in [0.5, 0.6) is 0 Å². The summed E-state index contributed by atoms with van der Waals surface area (Å²) in [6.45, 7) is 9.30. The van der Waals surface area contributed by atoms with Crippen molar-refractivity contribution in [2.24, 2.45) is 51.4 Å². The highest BCUT2D eigenvalue weighted by Crippen LogP contribution is 2.68. The first-order chi connectivity index (χ1) is 22.1. The Morgan fingerprint density at radius 2 is 1.85 bits per heavy atom. The molecule has 2 aromatic rings. The van der Waals surface area contributed by atoms with Gasteiger partial charge in [-0.3, -0.25) is 5.01 Å². The summed E-state index contributed by atoms with van der Waals surface area (Å²) < 4.78 is 30.0. The van der Waals surface area contributed by atoms with Crippen molar-refractivity contribution < 1.29 is 13.9 Å². The van der Waals surface area contributed by atoms with Crippen LogP contribution in [0.25, 0.3) is 0 Å². The van der Waals surface area contributed by atoms with Gasteiger partial charge in [0.1, 0.15) is 42.9 Å². The zero-order chi connectivity index (χ0) is 32.1. The Morgan fingerprint density at radius 1 is 1.00 bits per heavy atom. The van der Waals surface area contributed by atoms with Crippen LogP contribution in [-0.2, 0) is 12.1 Å². The molecule has 0 radical (unpaired) electrons. The molecule has 46 heavy (non-hydrogen) atoms. The van der Waals surface area contributed by atoms with E-state index in [2.05, 4.69) is 40.9 Å². The third-order valence-corrected chi connectivity index (χ3v) is 13.9. The third kappa shape index (κ3) is 5.77. The van der Waals surface area contributed by atoms with E-state index in [0.29, 0.717) is 23.4 Å². The van der Waals surface area contributed by atoms with Crippen molar-refractivity contribution in [1.29, 1.82) is 0 Å². The Bertz CT molecular complexity index is 1390. The van der Waals surface area contributed by atoms with E-state index in [1.807, 2.05) is 6.34 Å². The first-order valence-electron chi connectivity index (χ1n) is 18.1. The molecule has 0 amide bonds. The summed E-state index contributed by atoms with van der Waals surface area (Å²) in [4.78, 5) is 6.13. The molecule has 5 aliphatic rings. The van der Waals surface area contributed by atoms with Crippen LogP contribution in [0.2, 0.25) is 0 Å². The summed E-state index contributed by atoms with van der Waals surface area (Å²) in [6, 6.07) is 3.29. The molecule has 4 saturated carbocycles. The van der Waals surface area contributed by atoms with Gasteiger partial charge in [0.05, 0.1) is 13.1 Å². The van der Waals surface area contributed by atoms with Gasteiger partial charge in [-0.25, -0.2) is 18.4 Å². The highest BCUT2D eigenvalue weighted by Gasteiger charge is 2.60. The number of rotatable bonds is 10. The fourth-order valence-corrected chi connectivity index (χ4v) is 11.7. The summed E-state index contributed by atoms with van der Waals surface area (Å²) in [7, 11) is 0. The number of fused-ring (bicyclic) bond motifs is 5. The standard InChI is InChI=1S/C37H54F2N6O/c1-26(30-13-14-31-29-11-9-27-8-4-5-16-35(27,2)32(29)15-17-36(30,31)3)7-6-18-43-24-42-45(25-43)21-37(46,20-44-23-40-22-41-44)33-12-10-28(38)19-34(33)39/h10,12,19,22-24,26-27,29-32,46H,4-9,11,13-18,20-21,25H2,1-3H3/t26-,27+,29+,30-,31+,32+,35+,36-,37?/m1/s1. The van der Waals surface area contributed by atoms with E-state index in [-0.39, 0.29) is 18.7 Å². The van der Waals surface area contributed by atoms with Crippen LogP contribution in [0.3, 0.4) is 0 Å². The zero-order valence-corrected chi connectivity index (χ0v) is 28.1. The summed E-state index contributed by atoms with van der Waals surface area (Å²) in [5.41, 5.74) is -0.551. The van der Waals surface area contributed by atoms with Gasteiger partial charge in [-0.05, 0) is 117 Å². The summed E-state index contributed by atoms with van der Waals surface area (Å²) in [5.74, 6) is 3.87. The van der Waals surface area contributed by atoms with Crippen LogP contribution < -0.4 is 0 Å². The number of hydrogen-bond acceptors (Lipinski definition) is 6. The van der Waals surface area contributed by atoms with E-state index in [0.717, 1.165) is 48.6 Å². The summed E-state index contributed by atoms with van der Waals surface area (Å²) >= 11 is 0. The second-order valence-electron chi connectivity index (χ2n) is 16.3. The second kappa shape index (κ2) is 12.5. The van der Waals surface area contributed by atoms with Crippen LogP contribution in [0.1, 0.15) is 103 Å². The van der Waals surface area contributed by atoms with Crippen molar-refractivity contribution in [3.05, 3.63) is 48.1 Å². The van der Waals surface area contributed by atoms with Crippen LogP contribution in [0.15, 0.2) is 36.0 Å². The minimum atomic E-state index is -1.67. The number of aromatic nitrogens is 3. The lowest BCUT2D eigenvalue weighted by atomic mass is 9.44. The third-order valence-electron chi connectivity index (χ3n) is 13.9. The second-order valence-corrected chi connectivity index (χ2v) is 16.3. The Hall–Kier alpha value is -2.55. The van der Waals surface area contributed by atoms with Gasteiger partial charge in [-0.15, -0.1) is 0 Å². The molecule has 2 heterocycles. The monoisotopic (exact) mass is 636 g/mol. The Kier molecular flexibility index (Phi) is 8.69. The zero-order valence-electron chi connectivity index (χ0n) is 28.1. The molecule has 0 spiro atoms. The van der Waals surface area contributed by atoms with Gasteiger partial charge in [0, 0.05) is 18.2 Å². The number of hydrazone groups is 1. The average molecular weight is 637 g/mol. The molecule has 1 unspecified atom stereocenters. The van der Waals surface area contributed by atoms with Crippen LogP contribution in [0, 0.1) is 58.0 Å². The number of nitrogens with zero attached hydrogens (tertiary/aromatic N) is 6. The van der Waals surface area contributed by atoms with Crippen molar-refractivity contribution in [3.63, 3.8) is 0 Å². The molecule has 1 aromatic carbocycles. The number of hydrogen-bond donors (Lipinski definition) is 1. The predicted octanol–water partition coefficient (Wildman–Crippen LogP) is 7.43. The van der Waals surface area contributed by atoms with Crippen molar-refractivity contribution in [2.75, 3.05) is 19.8 Å². The van der Waals surface area contributed by atoms with Crippen LogP contribution in [-0.4, -0.2) is 55.9 Å². The maximum absolute atomic E-state index is 14.9. The van der Waals surface area contributed by atoms with Crippen LogP contribution >= 0.6 is 0 Å². The molecular weight excluding hydrogens is 582 g/mol. The first-order valence-corrected chi connectivity index (χ1v) is 18.1. The minimum Gasteiger partial charge on any atom is -0.381 e. The van der Waals surface area contributed by atoms with Gasteiger partial charge in [0.2, 0.25) is 0 Å². The Morgan fingerprint density at radius 3 is 2.65 bits per heavy atom. The number of benzene rings is 1.